The van der Waals surface area contributed by atoms with Crippen LogP contribution in [-0.2, 0) is 4.79 Å². The molecule has 0 unspecified atom stereocenters. The van der Waals surface area contributed by atoms with E-state index in [1.807, 2.05) is 32.0 Å². The highest BCUT2D eigenvalue weighted by molar-refractivity contribution is 5.47. The van der Waals surface area contributed by atoms with Crippen LogP contribution in [0.1, 0.15) is 24.1 Å². The fraction of sp³-hybridized carbons (Fsp3) is 0.300. The summed E-state index contributed by atoms with van der Waals surface area (Å²) < 4.78 is 0. The molecule has 2 nitrogen and oxygen atoms in total. The van der Waals surface area contributed by atoms with E-state index in [1.165, 1.54) is 5.56 Å². The van der Waals surface area contributed by atoms with Gasteiger partial charge in [-0.3, -0.25) is 4.79 Å². The molecule has 0 aromatic heterocycles. The molecule has 1 amide bonds. The van der Waals surface area contributed by atoms with E-state index in [1.54, 1.807) is 0 Å². The molecule has 0 bridgehead atoms. The summed E-state index contributed by atoms with van der Waals surface area (Å²) in [4.78, 5) is 10.2. The van der Waals surface area contributed by atoms with Crippen molar-refractivity contribution in [2.75, 3.05) is 0 Å². The second kappa shape index (κ2) is 3.90. The van der Waals surface area contributed by atoms with Gasteiger partial charge >= 0.3 is 0 Å². The minimum atomic E-state index is 0.0994. The van der Waals surface area contributed by atoms with E-state index < -0.39 is 0 Å². The van der Waals surface area contributed by atoms with Crippen LogP contribution >= 0.6 is 0 Å². The summed E-state index contributed by atoms with van der Waals surface area (Å²) in [6.45, 7) is 4.00. The van der Waals surface area contributed by atoms with E-state index in [2.05, 4.69) is 11.4 Å². The number of hydrogen-bond acceptors (Lipinski definition) is 1. The van der Waals surface area contributed by atoms with Crippen LogP contribution in [0.25, 0.3) is 0 Å². The Morgan fingerprint density at radius 1 is 1.50 bits per heavy atom. The van der Waals surface area contributed by atoms with E-state index in [0.717, 1.165) is 12.0 Å². The first-order valence-electron chi connectivity index (χ1n) is 4.00. The molecule has 1 aromatic carbocycles. The standard InChI is InChI=1S/C10H13NO/c1-8-4-3-5-10(6-8)9(2)11-7-12/h3-7,9H,1-2H3,(H,11,12)/t9-/m0/s1. The van der Waals surface area contributed by atoms with Gasteiger partial charge in [-0.2, -0.15) is 0 Å². The van der Waals surface area contributed by atoms with E-state index in [0.29, 0.717) is 0 Å². The first kappa shape index (κ1) is 8.78. The maximum absolute atomic E-state index is 10.2. The van der Waals surface area contributed by atoms with Crippen LogP contribution in [0.15, 0.2) is 24.3 Å². The molecule has 1 aromatic rings. The second-order valence-corrected chi connectivity index (χ2v) is 2.92. The molecule has 0 aliphatic heterocycles. The van der Waals surface area contributed by atoms with E-state index in [-0.39, 0.29) is 6.04 Å². The molecule has 0 spiro atoms. The molecule has 2 heteroatoms. The minimum Gasteiger partial charge on any atom is -0.352 e. The fourth-order valence-electron chi connectivity index (χ4n) is 1.14. The van der Waals surface area contributed by atoms with Gasteiger partial charge in [0.1, 0.15) is 0 Å². The van der Waals surface area contributed by atoms with Crippen LogP contribution in [0, 0.1) is 6.92 Å². The Labute approximate surface area is 72.6 Å². The SMILES string of the molecule is Cc1cccc([C@H](C)NC=O)c1. The van der Waals surface area contributed by atoms with Gasteiger partial charge in [0.2, 0.25) is 6.41 Å². The Hall–Kier alpha value is -1.31. The molecule has 64 valence electrons. The highest BCUT2D eigenvalue weighted by atomic mass is 16.1. The van der Waals surface area contributed by atoms with Crippen molar-refractivity contribution >= 4 is 6.41 Å². The zero-order valence-corrected chi connectivity index (χ0v) is 7.37. The molecule has 0 aliphatic rings. The summed E-state index contributed by atoms with van der Waals surface area (Å²) in [5.41, 5.74) is 2.36. The van der Waals surface area contributed by atoms with Crippen molar-refractivity contribution in [2.45, 2.75) is 19.9 Å². The third-order valence-electron chi connectivity index (χ3n) is 1.86. The first-order chi connectivity index (χ1) is 5.74. The topological polar surface area (TPSA) is 29.1 Å². The molecule has 0 radical (unpaired) electrons. The van der Waals surface area contributed by atoms with Gasteiger partial charge in [-0.25, -0.2) is 0 Å². The predicted octanol–water partition coefficient (Wildman–Crippen LogP) is 1.80. The molecule has 0 saturated heterocycles. The number of carbonyl (C=O) groups excluding carboxylic acids is 1. The molecule has 1 rings (SSSR count). The number of aryl methyl sites for hydroxylation is 1. The van der Waals surface area contributed by atoms with Crippen molar-refractivity contribution in [1.29, 1.82) is 0 Å². The van der Waals surface area contributed by atoms with Crippen molar-refractivity contribution in [1.82, 2.24) is 5.32 Å². The summed E-state index contributed by atoms with van der Waals surface area (Å²) in [7, 11) is 0. The number of benzene rings is 1. The Morgan fingerprint density at radius 3 is 2.83 bits per heavy atom. The van der Waals surface area contributed by atoms with Gasteiger partial charge in [0.05, 0.1) is 6.04 Å². The lowest BCUT2D eigenvalue weighted by molar-refractivity contribution is -0.110. The number of amides is 1. The summed E-state index contributed by atoms with van der Waals surface area (Å²) in [6, 6.07) is 8.21. The Kier molecular flexibility index (Phi) is 2.86. The van der Waals surface area contributed by atoms with Gasteiger partial charge in [0.25, 0.3) is 0 Å². The van der Waals surface area contributed by atoms with Crippen molar-refractivity contribution in [3.05, 3.63) is 35.4 Å². The van der Waals surface area contributed by atoms with E-state index in [9.17, 15) is 4.79 Å². The minimum absolute atomic E-state index is 0.0994. The van der Waals surface area contributed by atoms with Gasteiger partial charge in [-0.15, -0.1) is 0 Å². The van der Waals surface area contributed by atoms with Crippen molar-refractivity contribution in [2.24, 2.45) is 0 Å². The quantitative estimate of drug-likeness (QED) is 0.676. The molecule has 0 heterocycles. The van der Waals surface area contributed by atoms with Gasteiger partial charge in [0, 0.05) is 0 Å². The van der Waals surface area contributed by atoms with Crippen molar-refractivity contribution in [3.63, 3.8) is 0 Å². The third kappa shape index (κ3) is 2.09. The van der Waals surface area contributed by atoms with Crippen LogP contribution in [0.4, 0.5) is 0 Å². The van der Waals surface area contributed by atoms with Gasteiger partial charge < -0.3 is 5.32 Å². The molecular formula is C10H13NO. The maximum Gasteiger partial charge on any atom is 0.207 e. The number of rotatable bonds is 3. The van der Waals surface area contributed by atoms with Crippen LogP contribution in [0.2, 0.25) is 0 Å². The van der Waals surface area contributed by atoms with Crippen molar-refractivity contribution in [3.8, 4) is 0 Å². The highest BCUT2D eigenvalue weighted by Crippen LogP contribution is 2.12. The number of carbonyl (C=O) groups is 1. The monoisotopic (exact) mass is 163 g/mol. The van der Waals surface area contributed by atoms with E-state index in [4.69, 9.17) is 0 Å². The molecule has 0 fully saturated rings. The molecule has 12 heavy (non-hydrogen) atoms. The highest BCUT2D eigenvalue weighted by Gasteiger charge is 2.01. The van der Waals surface area contributed by atoms with Crippen molar-refractivity contribution < 1.29 is 4.79 Å². The van der Waals surface area contributed by atoms with Crippen LogP contribution in [-0.4, -0.2) is 6.41 Å². The number of hydrogen-bond donors (Lipinski definition) is 1. The van der Waals surface area contributed by atoms with Crippen LogP contribution in [0.3, 0.4) is 0 Å². The van der Waals surface area contributed by atoms with Gasteiger partial charge in [0.15, 0.2) is 0 Å². The normalized spacial score (nSPS) is 12.2. The summed E-state index contributed by atoms with van der Waals surface area (Å²) in [5, 5.41) is 2.71. The largest absolute Gasteiger partial charge is 0.352 e. The zero-order valence-electron chi connectivity index (χ0n) is 7.37. The summed E-state index contributed by atoms with van der Waals surface area (Å²) in [5.74, 6) is 0. The maximum atomic E-state index is 10.2. The Balaban J connectivity index is 2.80. The molecule has 0 aliphatic carbocycles. The lowest BCUT2D eigenvalue weighted by Crippen LogP contribution is -2.15. The lowest BCUT2D eigenvalue weighted by Gasteiger charge is -2.10. The Bertz CT molecular complexity index is 270. The average molecular weight is 163 g/mol. The molecule has 1 N–H and O–H groups in total. The Morgan fingerprint density at radius 2 is 2.25 bits per heavy atom. The number of nitrogens with one attached hydrogen (secondary N) is 1. The van der Waals surface area contributed by atoms with Gasteiger partial charge in [-0.1, -0.05) is 29.8 Å². The summed E-state index contributed by atoms with van der Waals surface area (Å²) >= 11 is 0. The summed E-state index contributed by atoms with van der Waals surface area (Å²) in [6.07, 6.45) is 0.729. The zero-order chi connectivity index (χ0) is 8.97. The third-order valence-corrected chi connectivity index (χ3v) is 1.86. The molecular weight excluding hydrogens is 150 g/mol. The average Bonchev–Trinajstić information content (AvgIpc) is 2.05. The second-order valence-electron chi connectivity index (χ2n) is 2.92. The smallest absolute Gasteiger partial charge is 0.207 e. The van der Waals surface area contributed by atoms with E-state index >= 15 is 0 Å². The fourth-order valence-corrected chi connectivity index (χ4v) is 1.14. The molecule has 0 saturated carbocycles. The van der Waals surface area contributed by atoms with Crippen LogP contribution < -0.4 is 5.32 Å². The van der Waals surface area contributed by atoms with Gasteiger partial charge in [-0.05, 0) is 19.4 Å². The predicted molar refractivity (Wildman–Crippen MR) is 48.8 cm³/mol. The van der Waals surface area contributed by atoms with Crippen LogP contribution in [0.5, 0.6) is 0 Å². The first-order valence-corrected chi connectivity index (χ1v) is 4.00. The lowest BCUT2D eigenvalue weighted by atomic mass is 10.1. The molecule has 1 atom stereocenters.